The zero-order chi connectivity index (χ0) is 11.5. The number of hydrogen-bond acceptors (Lipinski definition) is 2. The van der Waals surface area contributed by atoms with Crippen molar-refractivity contribution >= 4 is 21.6 Å². The maximum atomic E-state index is 5.73. The zero-order valence-electron chi connectivity index (χ0n) is 9.75. The molecule has 2 rings (SSSR count). The summed E-state index contributed by atoms with van der Waals surface area (Å²) in [5, 5.41) is 0. The van der Waals surface area contributed by atoms with Crippen molar-refractivity contribution in [3.05, 3.63) is 28.2 Å². The van der Waals surface area contributed by atoms with Gasteiger partial charge in [0, 0.05) is 23.2 Å². The Morgan fingerprint density at radius 2 is 2.31 bits per heavy atom. The highest BCUT2D eigenvalue weighted by molar-refractivity contribution is 9.10. The predicted octanol–water partition coefficient (Wildman–Crippen LogP) is 2.80. The van der Waals surface area contributed by atoms with Crippen LogP contribution in [-0.2, 0) is 6.42 Å². The Balaban J connectivity index is 2.20. The first kappa shape index (κ1) is 11.9. The Morgan fingerprint density at radius 3 is 2.94 bits per heavy atom. The molecule has 0 radical (unpaired) electrons. The van der Waals surface area contributed by atoms with Crippen molar-refractivity contribution in [1.29, 1.82) is 0 Å². The fourth-order valence-corrected chi connectivity index (χ4v) is 2.80. The summed E-state index contributed by atoms with van der Waals surface area (Å²) in [4.78, 5) is 2.48. The molecule has 2 N–H and O–H groups in total. The molecule has 1 aliphatic rings. The van der Waals surface area contributed by atoms with Gasteiger partial charge < -0.3 is 10.6 Å². The van der Waals surface area contributed by atoms with Gasteiger partial charge in [0.2, 0.25) is 0 Å². The van der Waals surface area contributed by atoms with Crippen LogP contribution < -0.4 is 10.6 Å². The topological polar surface area (TPSA) is 29.3 Å². The summed E-state index contributed by atoms with van der Waals surface area (Å²) in [5.74, 6) is 0.674. The third-order valence-electron chi connectivity index (χ3n) is 3.38. The molecule has 16 heavy (non-hydrogen) atoms. The predicted molar refractivity (Wildman–Crippen MR) is 72.9 cm³/mol. The minimum absolute atomic E-state index is 0.674. The molecule has 1 heterocycles. The van der Waals surface area contributed by atoms with Gasteiger partial charge in [-0.25, -0.2) is 0 Å². The maximum absolute atomic E-state index is 5.73. The fraction of sp³-hybridized carbons (Fsp3) is 0.538. The number of aryl methyl sites for hydroxylation is 1. The third kappa shape index (κ3) is 2.41. The van der Waals surface area contributed by atoms with Crippen LogP contribution in [0.1, 0.15) is 18.9 Å². The molecule has 1 aromatic carbocycles. The van der Waals surface area contributed by atoms with Crippen LogP contribution >= 0.6 is 15.9 Å². The summed E-state index contributed by atoms with van der Waals surface area (Å²) in [7, 11) is 0. The SMILES string of the molecule is CCc1cc(Br)ccc1N1CCC(CN)C1. The van der Waals surface area contributed by atoms with Gasteiger partial charge in [0.15, 0.2) is 0 Å². The number of rotatable bonds is 3. The third-order valence-corrected chi connectivity index (χ3v) is 3.88. The van der Waals surface area contributed by atoms with Gasteiger partial charge in [-0.05, 0) is 49.1 Å². The lowest BCUT2D eigenvalue weighted by Crippen LogP contribution is -2.23. The number of hydrogen-bond donors (Lipinski definition) is 1. The summed E-state index contributed by atoms with van der Waals surface area (Å²) in [6.45, 7) is 5.29. The van der Waals surface area contributed by atoms with Gasteiger partial charge >= 0.3 is 0 Å². The van der Waals surface area contributed by atoms with Gasteiger partial charge in [-0.3, -0.25) is 0 Å². The molecule has 1 fully saturated rings. The van der Waals surface area contributed by atoms with E-state index in [-0.39, 0.29) is 0 Å². The average Bonchev–Trinajstić information content (AvgIpc) is 2.77. The molecule has 0 amide bonds. The minimum atomic E-state index is 0.674. The van der Waals surface area contributed by atoms with Crippen molar-refractivity contribution < 1.29 is 0 Å². The molecule has 0 saturated carbocycles. The van der Waals surface area contributed by atoms with Gasteiger partial charge in [-0.1, -0.05) is 22.9 Å². The molecule has 3 heteroatoms. The number of benzene rings is 1. The van der Waals surface area contributed by atoms with Crippen molar-refractivity contribution in [2.45, 2.75) is 19.8 Å². The van der Waals surface area contributed by atoms with E-state index < -0.39 is 0 Å². The van der Waals surface area contributed by atoms with Crippen LogP contribution in [0, 0.1) is 5.92 Å². The van der Waals surface area contributed by atoms with Crippen molar-refractivity contribution in [2.75, 3.05) is 24.5 Å². The lowest BCUT2D eigenvalue weighted by Gasteiger charge is -2.22. The Bertz CT molecular complexity index is 365. The molecule has 0 spiro atoms. The standard InChI is InChI=1S/C13H19BrN2/c1-2-11-7-12(14)3-4-13(11)16-6-5-10(8-15)9-16/h3-4,7,10H,2,5-6,8-9,15H2,1H3. The van der Waals surface area contributed by atoms with Crippen LogP contribution in [0.25, 0.3) is 0 Å². The van der Waals surface area contributed by atoms with Gasteiger partial charge in [-0.2, -0.15) is 0 Å². The molecule has 0 bridgehead atoms. The molecule has 1 unspecified atom stereocenters. The van der Waals surface area contributed by atoms with Gasteiger partial charge in [0.05, 0.1) is 0 Å². The molecule has 88 valence electrons. The fourth-order valence-electron chi connectivity index (χ4n) is 2.39. The van der Waals surface area contributed by atoms with Crippen molar-refractivity contribution in [2.24, 2.45) is 11.7 Å². The van der Waals surface area contributed by atoms with Gasteiger partial charge in [0.1, 0.15) is 0 Å². The molecule has 1 atom stereocenters. The highest BCUT2D eigenvalue weighted by atomic mass is 79.9. The largest absolute Gasteiger partial charge is 0.371 e. The van der Waals surface area contributed by atoms with E-state index in [4.69, 9.17) is 5.73 Å². The number of anilines is 1. The molecule has 0 aromatic heterocycles. The van der Waals surface area contributed by atoms with Crippen LogP contribution in [0.5, 0.6) is 0 Å². The van der Waals surface area contributed by atoms with E-state index in [1.54, 1.807) is 0 Å². The van der Waals surface area contributed by atoms with E-state index in [9.17, 15) is 0 Å². The Morgan fingerprint density at radius 1 is 1.50 bits per heavy atom. The highest BCUT2D eigenvalue weighted by Crippen LogP contribution is 2.29. The summed E-state index contributed by atoms with van der Waals surface area (Å²) in [6.07, 6.45) is 2.31. The second kappa shape index (κ2) is 5.19. The van der Waals surface area contributed by atoms with Crippen LogP contribution in [0.4, 0.5) is 5.69 Å². The second-order valence-electron chi connectivity index (χ2n) is 4.46. The van der Waals surface area contributed by atoms with Gasteiger partial charge in [0.25, 0.3) is 0 Å². The molecular formula is C13H19BrN2. The Kier molecular flexibility index (Phi) is 3.87. The Labute approximate surface area is 106 Å². The van der Waals surface area contributed by atoms with E-state index in [2.05, 4.69) is 46.0 Å². The molecule has 2 nitrogen and oxygen atoms in total. The smallest absolute Gasteiger partial charge is 0.0399 e. The van der Waals surface area contributed by atoms with Crippen molar-refractivity contribution in [1.82, 2.24) is 0 Å². The van der Waals surface area contributed by atoms with Crippen LogP contribution in [-0.4, -0.2) is 19.6 Å². The summed E-state index contributed by atoms with van der Waals surface area (Å²) < 4.78 is 1.17. The number of nitrogens with two attached hydrogens (primary N) is 1. The highest BCUT2D eigenvalue weighted by Gasteiger charge is 2.22. The first-order valence-electron chi connectivity index (χ1n) is 5.98. The van der Waals surface area contributed by atoms with E-state index in [1.807, 2.05) is 0 Å². The number of halogens is 1. The summed E-state index contributed by atoms with van der Waals surface area (Å²) in [6, 6.07) is 6.58. The Hall–Kier alpha value is -0.540. The molecule has 0 aliphatic carbocycles. The van der Waals surface area contributed by atoms with E-state index in [1.165, 1.54) is 22.1 Å². The van der Waals surface area contributed by atoms with Crippen molar-refractivity contribution in [3.8, 4) is 0 Å². The lowest BCUT2D eigenvalue weighted by atomic mass is 10.1. The van der Waals surface area contributed by atoms with E-state index in [0.717, 1.165) is 26.1 Å². The average molecular weight is 283 g/mol. The molecular weight excluding hydrogens is 264 g/mol. The van der Waals surface area contributed by atoms with Crippen LogP contribution in [0.2, 0.25) is 0 Å². The first-order chi connectivity index (χ1) is 7.74. The van der Waals surface area contributed by atoms with Crippen LogP contribution in [0.3, 0.4) is 0 Å². The molecule has 1 aliphatic heterocycles. The normalized spacial score (nSPS) is 20.4. The monoisotopic (exact) mass is 282 g/mol. The first-order valence-corrected chi connectivity index (χ1v) is 6.77. The number of nitrogens with zero attached hydrogens (tertiary/aromatic N) is 1. The molecule has 1 aromatic rings. The van der Waals surface area contributed by atoms with Crippen molar-refractivity contribution in [3.63, 3.8) is 0 Å². The van der Waals surface area contributed by atoms with Crippen LogP contribution in [0.15, 0.2) is 22.7 Å². The van der Waals surface area contributed by atoms with E-state index in [0.29, 0.717) is 5.92 Å². The van der Waals surface area contributed by atoms with E-state index >= 15 is 0 Å². The maximum Gasteiger partial charge on any atom is 0.0399 e. The quantitative estimate of drug-likeness (QED) is 0.924. The molecule has 1 saturated heterocycles. The second-order valence-corrected chi connectivity index (χ2v) is 5.38. The van der Waals surface area contributed by atoms with Gasteiger partial charge in [-0.15, -0.1) is 0 Å². The summed E-state index contributed by atoms with van der Waals surface area (Å²) in [5.41, 5.74) is 8.55. The zero-order valence-corrected chi connectivity index (χ0v) is 11.3. The summed E-state index contributed by atoms with van der Waals surface area (Å²) >= 11 is 3.53. The lowest BCUT2D eigenvalue weighted by molar-refractivity contribution is 0.602. The minimum Gasteiger partial charge on any atom is -0.371 e.